The van der Waals surface area contributed by atoms with Gasteiger partial charge < -0.3 is 0 Å². The molecule has 0 unspecified atom stereocenters. The van der Waals surface area contributed by atoms with Crippen molar-refractivity contribution in [2.75, 3.05) is 0 Å². The maximum absolute atomic E-state index is 4.22. The summed E-state index contributed by atoms with van der Waals surface area (Å²) < 4.78 is 0. The molecular formula is C27H34N2. The van der Waals surface area contributed by atoms with Crippen LogP contribution in [0.3, 0.4) is 0 Å². The highest BCUT2D eigenvalue weighted by atomic mass is 15.2. The molecule has 0 spiro atoms. The Hall–Kier alpha value is -2.48. The van der Waals surface area contributed by atoms with Crippen LogP contribution in [0.4, 0.5) is 0 Å². The highest BCUT2D eigenvalue weighted by molar-refractivity contribution is 5.82. The second-order valence-corrected chi connectivity index (χ2v) is 8.39. The molecule has 0 radical (unpaired) electrons. The minimum absolute atomic E-state index is 0.736. The summed E-state index contributed by atoms with van der Waals surface area (Å²) in [6.07, 6.45) is 15.7. The molecule has 1 saturated carbocycles. The molecule has 2 nitrogen and oxygen atoms in total. The van der Waals surface area contributed by atoms with Crippen LogP contribution in [0.25, 0.3) is 0 Å². The Morgan fingerprint density at radius 1 is 0.828 bits per heavy atom. The predicted octanol–water partition coefficient (Wildman–Crippen LogP) is 7.33. The van der Waals surface area contributed by atoms with Crippen LogP contribution in [0.5, 0.6) is 0 Å². The van der Waals surface area contributed by atoms with Gasteiger partial charge >= 0.3 is 0 Å². The molecule has 1 aliphatic carbocycles. The van der Waals surface area contributed by atoms with Crippen molar-refractivity contribution < 1.29 is 0 Å². The first-order valence-electron chi connectivity index (χ1n) is 11.1. The number of nitrogens with zero attached hydrogens (tertiary/aromatic N) is 2. The van der Waals surface area contributed by atoms with E-state index in [-0.39, 0.29) is 0 Å². The van der Waals surface area contributed by atoms with Crippen LogP contribution in [0.1, 0.15) is 80.0 Å². The largest absolute Gasteiger partial charge is 0.159 e. The van der Waals surface area contributed by atoms with Crippen molar-refractivity contribution >= 4 is 12.4 Å². The minimum Gasteiger partial charge on any atom is -0.159 e. The van der Waals surface area contributed by atoms with Crippen LogP contribution in [-0.4, -0.2) is 12.4 Å². The topological polar surface area (TPSA) is 24.7 Å². The lowest BCUT2D eigenvalue weighted by atomic mass is 9.79. The van der Waals surface area contributed by atoms with E-state index in [2.05, 4.69) is 72.2 Å². The maximum atomic E-state index is 4.22. The molecule has 2 aromatic rings. The van der Waals surface area contributed by atoms with E-state index in [1.54, 1.807) is 0 Å². The van der Waals surface area contributed by atoms with Gasteiger partial charge in [0.25, 0.3) is 0 Å². The Labute approximate surface area is 176 Å². The summed E-state index contributed by atoms with van der Waals surface area (Å²) in [5.74, 6) is 1.63. The first-order valence-corrected chi connectivity index (χ1v) is 11.1. The van der Waals surface area contributed by atoms with Crippen molar-refractivity contribution in [1.82, 2.24) is 0 Å². The van der Waals surface area contributed by atoms with E-state index < -0.39 is 0 Å². The van der Waals surface area contributed by atoms with Crippen LogP contribution in [0, 0.1) is 5.92 Å². The monoisotopic (exact) mass is 386 g/mol. The van der Waals surface area contributed by atoms with Gasteiger partial charge in [-0.15, -0.1) is 6.58 Å². The van der Waals surface area contributed by atoms with Crippen molar-refractivity contribution in [2.24, 2.45) is 16.1 Å². The Balaban J connectivity index is 1.46. The number of unbranched alkanes of at least 4 members (excludes halogenated alkanes) is 2. The van der Waals surface area contributed by atoms with Crippen LogP contribution in [0.15, 0.2) is 71.4 Å². The molecule has 2 aromatic carbocycles. The fraction of sp³-hybridized carbons (Fsp3) is 0.407. The summed E-state index contributed by atoms with van der Waals surface area (Å²) in [7, 11) is 0. The molecule has 1 fully saturated rings. The number of hydrogen-bond donors (Lipinski definition) is 0. The molecule has 0 saturated heterocycles. The maximum Gasteiger partial charge on any atom is 0.0568 e. The predicted molar refractivity (Wildman–Crippen MR) is 126 cm³/mol. The zero-order chi connectivity index (χ0) is 20.3. The van der Waals surface area contributed by atoms with Crippen molar-refractivity contribution in [3.8, 4) is 0 Å². The first kappa shape index (κ1) is 21.2. The van der Waals surface area contributed by atoms with E-state index in [4.69, 9.17) is 0 Å². The summed E-state index contributed by atoms with van der Waals surface area (Å²) in [4.78, 5) is 0. The van der Waals surface area contributed by atoms with Gasteiger partial charge in [0.15, 0.2) is 0 Å². The zero-order valence-corrected chi connectivity index (χ0v) is 17.8. The van der Waals surface area contributed by atoms with Crippen molar-refractivity contribution in [2.45, 2.75) is 64.2 Å². The van der Waals surface area contributed by atoms with Gasteiger partial charge in [-0.05, 0) is 72.6 Å². The van der Waals surface area contributed by atoms with Gasteiger partial charge in [0.1, 0.15) is 0 Å². The molecular weight excluding hydrogens is 352 g/mol. The zero-order valence-electron chi connectivity index (χ0n) is 17.8. The van der Waals surface area contributed by atoms with E-state index >= 15 is 0 Å². The molecule has 0 aliphatic heterocycles. The number of benzene rings is 2. The third-order valence-electron chi connectivity index (χ3n) is 6.01. The van der Waals surface area contributed by atoms with Gasteiger partial charge in [-0.2, -0.15) is 10.2 Å². The third-order valence-corrected chi connectivity index (χ3v) is 6.01. The van der Waals surface area contributed by atoms with Crippen LogP contribution in [-0.2, 0) is 6.42 Å². The molecule has 152 valence electrons. The highest BCUT2D eigenvalue weighted by Gasteiger charge is 2.19. The van der Waals surface area contributed by atoms with Crippen LogP contribution in [0.2, 0.25) is 0 Å². The van der Waals surface area contributed by atoms with Crippen LogP contribution < -0.4 is 0 Å². The van der Waals surface area contributed by atoms with E-state index in [1.807, 2.05) is 18.5 Å². The van der Waals surface area contributed by atoms with Crippen LogP contribution >= 0.6 is 0 Å². The molecule has 0 aromatic heterocycles. The minimum atomic E-state index is 0.736. The van der Waals surface area contributed by atoms with Gasteiger partial charge in [-0.3, -0.25) is 0 Å². The number of rotatable bonds is 9. The molecule has 0 atom stereocenters. The molecule has 0 N–H and O–H groups in total. The third kappa shape index (κ3) is 7.12. The lowest BCUT2D eigenvalue weighted by Gasteiger charge is -2.26. The Kier molecular flexibility index (Phi) is 8.42. The number of aryl methyl sites for hydroxylation is 1. The van der Waals surface area contributed by atoms with Crippen molar-refractivity contribution in [1.29, 1.82) is 0 Å². The van der Waals surface area contributed by atoms with Crippen molar-refractivity contribution in [3.05, 3.63) is 83.4 Å². The Morgan fingerprint density at radius 3 is 2.00 bits per heavy atom. The Bertz CT molecular complexity index is 791. The second-order valence-electron chi connectivity index (χ2n) is 8.39. The van der Waals surface area contributed by atoms with Gasteiger partial charge in [-0.1, -0.05) is 74.4 Å². The highest BCUT2D eigenvalue weighted by Crippen LogP contribution is 2.35. The smallest absolute Gasteiger partial charge is 0.0568 e. The Morgan fingerprint density at radius 2 is 1.41 bits per heavy atom. The van der Waals surface area contributed by atoms with E-state index in [1.165, 1.54) is 49.7 Å². The van der Waals surface area contributed by atoms with Crippen molar-refractivity contribution in [3.63, 3.8) is 0 Å². The van der Waals surface area contributed by atoms with E-state index in [0.29, 0.717) is 0 Å². The standard InChI is InChI=1S/C27H34N2/c1-3-4-5-6-7-23-10-12-24(13-11-23)20-28-29-21-25-14-18-27(19-15-25)26-16-8-22(2)9-17-26/h3,10-15,18-22,26H,1,4-9,16-17H2,2H3/b28-20+,29-21+. The fourth-order valence-corrected chi connectivity index (χ4v) is 4.04. The summed E-state index contributed by atoms with van der Waals surface area (Å²) in [6, 6.07) is 17.4. The quantitative estimate of drug-likeness (QED) is 0.186. The molecule has 0 heterocycles. The van der Waals surface area contributed by atoms with Gasteiger partial charge in [0.2, 0.25) is 0 Å². The second kappa shape index (κ2) is 11.5. The SMILES string of the molecule is C=CCCCCc1ccc(/C=N/N=C/c2ccc(C3CCC(C)CC3)cc2)cc1. The summed E-state index contributed by atoms with van der Waals surface area (Å²) in [5.41, 5.74) is 5.04. The molecule has 0 amide bonds. The molecule has 3 rings (SSSR count). The average molecular weight is 387 g/mol. The van der Waals surface area contributed by atoms with Gasteiger partial charge in [0.05, 0.1) is 12.4 Å². The summed E-state index contributed by atoms with van der Waals surface area (Å²) >= 11 is 0. The number of hydrogen-bond acceptors (Lipinski definition) is 2. The summed E-state index contributed by atoms with van der Waals surface area (Å²) in [6.45, 7) is 6.14. The van der Waals surface area contributed by atoms with E-state index in [0.717, 1.165) is 35.8 Å². The normalized spacial score (nSPS) is 19.8. The first-order chi connectivity index (χ1) is 14.2. The van der Waals surface area contributed by atoms with E-state index in [9.17, 15) is 0 Å². The fourth-order valence-electron chi connectivity index (χ4n) is 4.04. The van der Waals surface area contributed by atoms with Gasteiger partial charge in [-0.25, -0.2) is 0 Å². The number of allylic oxidation sites excluding steroid dienone is 1. The molecule has 1 aliphatic rings. The lowest BCUT2D eigenvalue weighted by Crippen LogP contribution is -2.10. The van der Waals surface area contributed by atoms with Gasteiger partial charge in [0, 0.05) is 0 Å². The molecule has 29 heavy (non-hydrogen) atoms. The lowest BCUT2D eigenvalue weighted by molar-refractivity contribution is 0.348. The average Bonchev–Trinajstić information content (AvgIpc) is 2.76. The summed E-state index contributed by atoms with van der Waals surface area (Å²) in [5, 5.41) is 8.42. The molecule has 2 heteroatoms. The molecule has 0 bridgehead atoms.